The topological polar surface area (TPSA) is 97.0 Å². The summed E-state index contributed by atoms with van der Waals surface area (Å²) in [7, 11) is 1.53. The monoisotopic (exact) mass is 436 g/mol. The number of aromatic nitrogens is 2. The van der Waals surface area contributed by atoms with Gasteiger partial charge in [0.25, 0.3) is 5.56 Å². The second-order valence-electron chi connectivity index (χ2n) is 7.53. The highest BCUT2D eigenvalue weighted by molar-refractivity contribution is 7.99. The molecule has 0 saturated carbocycles. The number of fused-ring (bicyclic) bond motifs is 1. The minimum atomic E-state index is -0.975. The number of ether oxygens (including phenoxy) is 1. The molecule has 2 aromatic carbocycles. The maximum absolute atomic E-state index is 13.3. The van der Waals surface area contributed by atoms with Crippen LogP contribution in [0.2, 0.25) is 0 Å². The van der Waals surface area contributed by atoms with Gasteiger partial charge in [0.1, 0.15) is 11.3 Å². The number of carbonyl (C=O) groups excluding carboxylic acids is 1. The molecule has 1 amide bonds. The molecule has 1 atom stereocenters. The molecule has 0 unspecified atom stereocenters. The highest BCUT2D eigenvalue weighted by Gasteiger charge is 2.30. The number of thioether (sulfide) groups is 1. The van der Waals surface area contributed by atoms with Crippen molar-refractivity contribution >= 4 is 28.6 Å². The molecule has 0 fully saturated rings. The number of para-hydroxylation sites is 3. The van der Waals surface area contributed by atoms with E-state index in [4.69, 9.17) is 4.74 Å². The van der Waals surface area contributed by atoms with Crippen molar-refractivity contribution in [2.75, 3.05) is 12.9 Å². The lowest BCUT2D eigenvalue weighted by Crippen LogP contribution is -2.49. The van der Waals surface area contributed by atoms with Crippen molar-refractivity contribution in [3.63, 3.8) is 0 Å². The molecule has 0 aliphatic carbocycles. The van der Waals surface area contributed by atoms with E-state index in [1.54, 1.807) is 37.3 Å². The minimum absolute atomic E-state index is 0.00389. The van der Waals surface area contributed by atoms with Crippen LogP contribution in [0.1, 0.15) is 20.8 Å². The summed E-state index contributed by atoms with van der Waals surface area (Å²) in [6.45, 7) is 5.45. The van der Waals surface area contributed by atoms with Crippen LogP contribution in [0.15, 0.2) is 58.5 Å². The number of nitrogens with one attached hydrogen (secondary N) is 1. The van der Waals surface area contributed by atoms with E-state index in [2.05, 4.69) is 16.4 Å². The summed E-state index contributed by atoms with van der Waals surface area (Å²) in [4.78, 5) is 30.6. The van der Waals surface area contributed by atoms with Gasteiger partial charge in [0, 0.05) is 0 Å². The molecule has 1 N–H and O–H groups in total. The first-order valence-corrected chi connectivity index (χ1v) is 10.8. The molecule has 160 valence electrons. The molecule has 0 aliphatic rings. The molecule has 1 aromatic heterocycles. The van der Waals surface area contributed by atoms with Gasteiger partial charge >= 0.3 is 0 Å². The van der Waals surface area contributed by atoms with Gasteiger partial charge < -0.3 is 10.1 Å². The number of methoxy groups -OCH3 is 1. The smallest absolute Gasteiger partial charge is 0.266 e. The third kappa shape index (κ3) is 4.57. The zero-order chi connectivity index (χ0) is 22.6. The molecule has 0 saturated heterocycles. The van der Waals surface area contributed by atoms with E-state index in [0.29, 0.717) is 27.5 Å². The van der Waals surface area contributed by atoms with E-state index in [9.17, 15) is 14.9 Å². The zero-order valence-corrected chi connectivity index (χ0v) is 18.7. The quantitative estimate of drug-likeness (QED) is 0.449. The van der Waals surface area contributed by atoms with E-state index in [-0.39, 0.29) is 23.1 Å². The maximum atomic E-state index is 13.3. The predicted octanol–water partition coefficient (Wildman–Crippen LogP) is 3.54. The lowest BCUT2D eigenvalue weighted by Gasteiger charge is -2.27. The third-order valence-corrected chi connectivity index (χ3v) is 6.13. The van der Waals surface area contributed by atoms with E-state index < -0.39 is 5.54 Å². The zero-order valence-electron chi connectivity index (χ0n) is 17.9. The fraction of sp³-hybridized carbons (Fsp3) is 0.304. The number of benzene rings is 2. The Balaban J connectivity index is 2.03. The second-order valence-corrected chi connectivity index (χ2v) is 8.47. The van der Waals surface area contributed by atoms with Crippen molar-refractivity contribution in [3.8, 4) is 17.5 Å². The van der Waals surface area contributed by atoms with Crippen molar-refractivity contribution in [2.24, 2.45) is 5.92 Å². The summed E-state index contributed by atoms with van der Waals surface area (Å²) in [6.07, 6.45) is 0. The van der Waals surface area contributed by atoms with Crippen LogP contribution in [-0.2, 0) is 4.79 Å². The SMILES string of the molecule is COc1ccccc1-n1c(SCC(=O)N[C@@](C)(C#N)C(C)C)nc2ccccc2c1=O. The Morgan fingerprint density at radius 2 is 1.94 bits per heavy atom. The number of hydrogen-bond acceptors (Lipinski definition) is 6. The summed E-state index contributed by atoms with van der Waals surface area (Å²) >= 11 is 1.14. The number of hydrogen-bond donors (Lipinski definition) is 1. The summed E-state index contributed by atoms with van der Waals surface area (Å²) in [5.74, 6) is 0.155. The van der Waals surface area contributed by atoms with Gasteiger partial charge in [-0.1, -0.05) is 49.9 Å². The molecule has 0 radical (unpaired) electrons. The molecular formula is C23H24N4O3S. The number of nitrogens with zero attached hydrogens (tertiary/aromatic N) is 3. The van der Waals surface area contributed by atoms with Gasteiger partial charge in [-0.3, -0.25) is 14.2 Å². The van der Waals surface area contributed by atoms with Gasteiger partial charge in [-0.25, -0.2) is 4.98 Å². The second kappa shape index (κ2) is 9.23. The van der Waals surface area contributed by atoms with Crippen molar-refractivity contribution in [1.29, 1.82) is 5.26 Å². The Morgan fingerprint density at radius 1 is 1.26 bits per heavy atom. The van der Waals surface area contributed by atoms with Crippen LogP contribution >= 0.6 is 11.8 Å². The fourth-order valence-electron chi connectivity index (χ4n) is 2.99. The van der Waals surface area contributed by atoms with Gasteiger partial charge in [-0.15, -0.1) is 0 Å². The highest BCUT2D eigenvalue weighted by Crippen LogP contribution is 2.27. The molecule has 1 heterocycles. The minimum Gasteiger partial charge on any atom is -0.495 e. The van der Waals surface area contributed by atoms with Crippen molar-refractivity contribution in [2.45, 2.75) is 31.5 Å². The van der Waals surface area contributed by atoms with Crippen LogP contribution in [-0.4, -0.2) is 33.9 Å². The maximum Gasteiger partial charge on any atom is 0.266 e. The number of carbonyl (C=O) groups is 1. The van der Waals surface area contributed by atoms with Gasteiger partial charge in [-0.05, 0) is 37.1 Å². The van der Waals surface area contributed by atoms with E-state index in [0.717, 1.165) is 11.8 Å². The van der Waals surface area contributed by atoms with E-state index >= 15 is 0 Å². The molecule has 0 aliphatic heterocycles. The molecular weight excluding hydrogens is 412 g/mol. The Hall–Kier alpha value is -3.31. The lowest BCUT2D eigenvalue weighted by atomic mass is 9.90. The normalized spacial score (nSPS) is 12.9. The first kappa shape index (κ1) is 22.4. The van der Waals surface area contributed by atoms with Gasteiger partial charge in [0.05, 0.1) is 35.5 Å². The molecule has 3 rings (SSSR count). The van der Waals surface area contributed by atoms with Crippen molar-refractivity contribution in [3.05, 3.63) is 58.9 Å². The molecule has 7 nitrogen and oxygen atoms in total. The van der Waals surface area contributed by atoms with Crippen LogP contribution in [0, 0.1) is 17.2 Å². The van der Waals surface area contributed by atoms with Crippen LogP contribution in [0.25, 0.3) is 16.6 Å². The van der Waals surface area contributed by atoms with Crippen LogP contribution in [0.3, 0.4) is 0 Å². The van der Waals surface area contributed by atoms with E-state index in [1.807, 2.05) is 32.0 Å². The first-order valence-electron chi connectivity index (χ1n) is 9.81. The average molecular weight is 437 g/mol. The van der Waals surface area contributed by atoms with E-state index in [1.165, 1.54) is 11.7 Å². The predicted molar refractivity (Wildman–Crippen MR) is 122 cm³/mol. The largest absolute Gasteiger partial charge is 0.495 e. The van der Waals surface area contributed by atoms with Crippen molar-refractivity contribution in [1.82, 2.24) is 14.9 Å². The van der Waals surface area contributed by atoms with Crippen LogP contribution < -0.4 is 15.6 Å². The van der Waals surface area contributed by atoms with Crippen LogP contribution in [0.5, 0.6) is 5.75 Å². The van der Waals surface area contributed by atoms with Crippen LogP contribution in [0.4, 0.5) is 0 Å². The Labute approximate surface area is 185 Å². The summed E-state index contributed by atoms with van der Waals surface area (Å²) in [6, 6.07) is 16.4. The number of rotatable bonds is 7. The molecule has 0 spiro atoms. The Morgan fingerprint density at radius 3 is 2.61 bits per heavy atom. The van der Waals surface area contributed by atoms with Crippen molar-refractivity contribution < 1.29 is 9.53 Å². The number of amides is 1. The Bertz CT molecular complexity index is 1220. The molecule has 3 aromatic rings. The standard InChI is InChI=1S/C23H24N4O3S/c1-15(2)23(3,14-24)26-20(28)13-31-22-25-17-10-6-5-9-16(17)21(29)27(22)18-11-7-8-12-19(18)30-4/h5-12,15H,13H2,1-4H3,(H,26,28)/t23-/m0/s1. The summed E-state index contributed by atoms with van der Waals surface area (Å²) < 4.78 is 6.91. The summed E-state index contributed by atoms with van der Waals surface area (Å²) in [5, 5.41) is 13.1. The average Bonchev–Trinajstić information content (AvgIpc) is 2.77. The fourth-order valence-corrected chi connectivity index (χ4v) is 3.80. The van der Waals surface area contributed by atoms with Gasteiger partial charge in [-0.2, -0.15) is 5.26 Å². The highest BCUT2D eigenvalue weighted by atomic mass is 32.2. The number of nitriles is 1. The Kier molecular flexibility index (Phi) is 6.66. The first-order chi connectivity index (χ1) is 14.8. The van der Waals surface area contributed by atoms with Gasteiger partial charge in [0.2, 0.25) is 5.91 Å². The molecule has 8 heteroatoms. The molecule has 0 bridgehead atoms. The third-order valence-electron chi connectivity index (χ3n) is 5.19. The summed E-state index contributed by atoms with van der Waals surface area (Å²) in [5.41, 5.74) is -0.135. The lowest BCUT2D eigenvalue weighted by molar-refractivity contribution is -0.120. The van der Waals surface area contributed by atoms with Gasteiger partial charge in [0.15, 0.2) is 5.16 Å². The molecule has 31 heavy (non-hydrogen) atoms.